The van der Waals surface area contributed by atoms with E-state index in [2.05, 4.69) is 5.10 Å². The predicted molar refractivity (Wildman–Crippen MR) is 104 cm³/mol. The molecule has 2 amide bonds. The summed E-state index contributed by atoms with van der Waals surface area (Å²) in [6.07, 6.45) is 3.39. The van der Waals surface area contributed by atoms with E-state index in [0.717, 1.165) is 5.56 Å². The third kappa shape index (κ3) is 4.22. The van der Waals surface area contributed by atoms with Gasteiger partial charge in [-0.2, -0.15) is 5.10 Å². The molecule has 2 aromatic rings. The number of hydrazone groups is 1. The molecule has 0 saturated carbocycles. The van der Waals surface area contributed by atoms with Crippen molar-refractivity contribution in [2.75, 3.05) is 19.6 Å². The minimum absolute atomic E-state index is 0.118. The van der Waals surface area contributed by atoms with Crippen LogP contribution < -0.4 is 5.73 Å². The van der Waals surface area contributed by atoms with Crippen molar-refractivity contribution in [3.05, 3.63) is 59.8 Å². The maximum absolute atomic E-state index is 13.3. The standard InChI is InChI=1S/C21H23FN4O3/c22-16-5-3-14(4-6-16)17-12-18(19-2-1-11-29-19)26(24-17)20(27)13-25-9-7-15(8-10-25)21(23)28/h1-6,11,15,18H,7-10,12-13H2,(H2,23,28). The molecule has 152 valence electrons. The molecule has 0 aliphatic carbocycles. The van der Waals surface area contributed by atoms with E-state index in [4.69, 9.17) is 10.2 Å². The number of benzene rings is 1. The fraction of sp³-hybridized carbons (Fsp3) is 0.381. The number of hydrogen-bond acceptors (Lipinski definition) is 5. The fourth-order valence-corrected chi connectivity index (χ4v) is 3.90. The quantitative estimate of drug-likeness (QED) is 0.836. The zero-order valence-corrected chi connectivity index (χ0v) is 16.0. The highest BCUT2D eigenvalue weighted by Gasteiger charge is 2.36. The maximum Gasteiger partial charge on any atom is 0.257 e. The topological polar surface area (TPSA) is 92.1 Å². The van der Waals surface area contributed by atoms with Crippen molar-refractivity contribution in [3.63, 3.8) is 0 Å². The number of nitrogens with two attached hydrogens (primary N) is 1. The highest BCUT2D eigenvalue weighted by atomic mass is 19.1. The van der Waals surface area contributed by atoms with Crippen LogP contribution in [-0.2, 0) is 9.59 Å². The van der Waals surface area contributed by atoms with Crippen LogP contribution in [-0.4, -0.2) is 47.1 Å². The van der Waals surface area contributed by atoms with E-state index >= 15 is 0 Å². The van der Waals surface area contributed by atoms with Crippen molar-refractivity contribution >= 4 is 17.5 Å². The Bertz CT molecular complexity index is 903. The molecule has 0 radical (unpaired) electrons. The summed E-state index contributed by atoms with van der Waals surface area (Å²) in [5.74, 6) is -0.191. The number of furan rings is 1. The Hall–Kier alpha value is -3.00. The van der Waals surface area contributed by atoms with Gasteiger partial charge in [0.2, 0.25) is 5.91 Å². The number of rotatable bonds is 5. The molecule has 2 aliphatic heterocycles. The van der Waals surface area contributed by atoms with Crippen molar-refractivity contribution in [1.82, 2.24) is 9.91 Å². The summed E-state index contributed by atoms with van der Waals surface area (Å²) >= 11 is 0. The van der Waals surface area contributed by atoms with Crippen LogP contribution in [0.3, 0.4) is 0 Å². The number of carbonyl (C=O) groups is 2. The molecule has 0 spiro atoms. The van der Waals surface area contributed by atoms with Crippen molar-refractivity contribution in [1.29, 1.82) is 0 Å². The van der Waals surface area contributed by atoms with E-state index in [1.807, 2.05) is 11.0 Å². The Labute approximate surface area is 167 Å². The molecular weight excluding hydrogens is 375 g/mol. The molecule has 29 heavy (non-hydrogen) atoms. The number of primary amides is 1. The number of carbonyl (C=O) groups excluding carboxylic acids is 2. The highest BCUT2D eigenvalue weighted by molar-refractivity contribution is 6.03. The van der Waals surface area contributed by atoms with E-state index in [9.17, 15) is 14.0 Å². The Morgan fingerprint density at radius 3 is 2.52 bits per heavy atom. The third-order valence-corrected chi connectivity index (χ3v) is 5.56. The van der Waals surface area contributed by atoms with Gasteiger partial charge in [0.1, 0.15) is 17.6 Å². The third-order valence-electron chi connectivity index (χ3n) is 5.56. The number of likely N-dealkylation sites (tertiary alicyclic amines) is 1. The largest absolute Gasteiger partial charge is 0.467 e. The van der Waals surface area contributed by atoms with Gasteiger partial charge in [0.25, 0.3) is 5.91 Å². The molecule has 8 heteroatoms. The van der Waals surface area contributed by atoms with Crippen LogP contribution in [0.4, 0.5) is 4.39 Å². The lowest BCUT2D eigenvalue weighted by Gasteiger charge is -2.31. The van der Waals surface area contributed by atoms with Crippen molar-refractivity contribution < 1.29 is 18.4 Å². The van der Waals surface area contributed by atoms with Gasteiger partial charge >= 0.3 is 0 Å². The van der Waals surface area contributed by atoms with Crippen LogP contribution in [0.5, 0.6) is 0 Å². The first-order chi connectivity index (χ1) is 14.0. The van der Waals surface area contributed by atoms with Crippen LogP contribution in [0.2, 0.25) is 0 Å². The molecule has 1 aromatic carbocycles. The van der Waals surface area contributed by atoms with Gasteiger partial charge in [0.15, 0.2) is 0 Å². The van der Waals surface area contributed by atoms with E-state index < -0.39 is 0 Å². The predicted octanol–water partition coefficient (Wildman–Crippen LogP) is 2.29. The van der Waals surface area contributed by atoms with Gasteiger partial charge in [0, 0.05) is 12.3 Å². The summed E-state index contributed by atoms with van der Waals surface area (Å²) < 4.78 is 18.8. The lowest BCUT2D eigenvalue weighted by atomic mass is 9.96. The number of halogens is 1. The summed E-state index contributed by atoms with van der Waals surface area (Å²) in [6, 6.07) is 9.36. The number of amides is 2. The summed E-state index contributed by atoms with van der Waals surface area (Å²) in [5, 5.41) is 6.02. The molecular formula is C21H23FN4O3. The molecule has 1 fully saturated rings. The summed E-state index contributed by atoms with van der Waals surface area (Å²) in [6.45, 7) is 1.50. The van der Waals surface area contributed by atoms with E-state index in [-0.39, 0.29) is 36.1 Å². The molecule has 1 atom stereocenters. The fourth-order valence-electron chi connectivity index (χ4n) is 3.90. The lowest BCUT2D eigenvalue weighted by molar-refractivity contribution is -0.135. The number of nitrogens with zero attached hydrogens (tertiary/aromatic N) is 3. The average molecular weight is 398 g/mol. The van der Waals surface area contributed by atoms with Gasteiger partial charge < -0.3 is 10.2 Å². The first-order valence-electron chi connectivity index (χ1n) is 9.72. The Kier molecular flexibility index (Phi) is 5.44. The highest BCUT2D eigenvalue weighted by Crippen LogP contribution is 2.33. The Morgan fingerprint density at radius 2 is 1.90 bits per heavy atom. The van der Waals surface area contributed by atoms with Crippen LogP contribution in [0, 0.1) is 11.7 Å². The van der Waals surface area contributed by atoms with Crippen molar-refractivity contribution in [2.24, 2.45) is 16.8 Å². The molecule has 2 aliphatic rings. The van der Waals surface area contributed by atoms with E-state index in [0.29, 0.717) is 43.8 Å². The SMILES string of the molecule is NC(=O)C1CCN(CC(=O)N2N=C(c3ccc(F)cc3)CC2c2ccco2)CC1. The minimum Gasteiger partial charge on any atom is -0.467 e. The first kappa shape index (κ1) is 19.3. The molecule has 2 N–H and O–H groups in total. The molecule has 1 aromatic heterocycles. The smallest absolute Gasteiger partial charge is 0.257 e. The van der Waals surface area contributed by atoms with Gasteiger partial charge in [-0.15, -0.1) is 0 Å². The average Bonchev–Trinajstić information content (AvgIpc) is 3.39. The molecule has 4 rings (SSSR count). The molecule has 0 bridgehead atoms. The zero-order chi connectivity index (χ0) is 20.4. The zero-order valence-electron chi connectivity index (χ0n) is 16.0. The second-order valence-corrected chi connectivity index (χ2v) is 7.48. The summed E-state index contributed by atoms with van der Waals surface area (Å²) in [5.41, 5.74) is 6.87. The normalized spacial score (nSPS) is 20.7. The van der Waals surface area contributed by atoms with Gasteiger partial charge in [-0.1, -0.05) is 12.1 Å². The molecule has 7 nitrogen and oxygen atoms in total. The number of piperidine rings is 1. The minimum atomic E-state index is -0.333. The number of hydrogen-bond donors (Lipinski definition) is 1. The van der Waals surface area contributed by atoms with Crippen molar-refractivity contribution in [2.45, 2.75) is 25.3 Å². The van der Waals surface area contributed by atoms with Crippen LogP contribution in [0.25, 0.3) is 0 Å². The Balaban J connectivity index is 1.49. The molecule has 1 unspecified atom stereocenters. The van der Waals surface area contributed by atoms with E-state index in [1.54, 1.807) is 24.5 Å². The summed E-state index contributed by atoms with van der Waals surface area (Å²) in [7, 11) is 0. The van der Waals surface area contributed by atoms with Gasteiger partial charge in [-0.25, -0.2) is 9.40 Å². The maximum atomic E-state index is 13.3. The Morgan fingerprint density at radius 1 is 1.17 bits per heavy atom. The summed E-state index contributed by atoms with van der Waals surface area (Å²) in [4.78, 5) is 26.4. The second kappa shape index (κ2) is 8.16. The van der Waals surface area contributed by atoms with Crippen LogP contribution >= 0.6 is 0 Å². The monoisotopic (exact) mass is 398 g/mol. The first-order valence-corrected chi connectivity index (χ1v) is 9.72. The van der Waals surface area contributed by atoms with Crippen LogP contribution in [0.15, 0.2) is 52.2 Å². The second-order valence-electron chi connectivity index (χ2n) is 7.48. The van der Waals surface area contributed by atoms with Crippen molar-refractivity contribution in [3.8, 4) is 0 Å². The molecule has 3 heterocycles. The van der Waals surface area contributed by atoms with Gasteiger partial charge in [-0.05, 0) is 55.8 Å². The van der Waals surface area contributed by atoms with E-state index in [1.165, 1.54) is 17.1 Å². The van der Waals surface area contributed by atoms with Crippen LogP contribution in [0.1, 0.15) is 36.6 Å². The van der Waals surface area contributed by atoms with Gasteiger partial charge in [-0.3, -0.25) is 14.5 Å². The molecule has 1 saturated heterocycles. The van der Waals surface area contributed by atoms with Gasteiger partial charge in [0.05, 0.1) is 18.5 Å². The lowest BCUT2D eigenvalue weighted by Crippen LogP contribution is -2.43.